The van der Waals surface area contributed by atoms with E-state index in [1.54, 1.807) is 36.4 Å². The van der Waals surface area contributed by atoms with Crippen molar-refractivity contribution in [3.05, 3.63) is 76.9 Å². The number of rotatable bonds is 7. The van der Waals surface area contributed by atoms with E-state index in [0.717, 1.165) is 31.9 Å². The highest BCUT2D eigenvalue weighted by Crippen LogP contribution is 2.38. The fraction of sp³-hybridized carbons (Fsp3) is 0.447. The third-order valence-corrected chi connectivity index (χ3v) is 11.4. The summed E-state index contributed by atoms with van der Waals surface area (Å²) in [5.74, 6) is -1.76. The Labute approximate surface area is 325 Å². The average Bonchev–Trinajstić information content (AvgIpc) is 3.72. The molecule has 2 saturated heterocycles. The van der Waals surface area contributed by atoms with Crippen molar-refractivity contribution in [3.8, 4) is 0 Å². The van der Waals surface area contributed by atoms with E-state index in [9.17, 15) is 45.5 Å². The number of alkyl halides is 6. The second kappa shape index (κ2) is 14.9. The van der Waals surface area contributed by atoms with Crippen LogP contribution in [0.4, 0.5) is 37.7 Å². The largest absolute Gasteiger partial charge is 0.434 e. The lowest BCUT2D eigenvalue weighted by Crippen LogP contribution is -2.60. The number of nitrogens with one attached hydrogen (secondary N) is 2. The lowest BCUT2D eigenvalue weighted by atomic mass is 9.85. The Morgan fingerprint density at radius 2 is 1.74 bits per heavy atom. The van der Waals surface area contributed by atoms with E-state index in [2.05, 4.69) is 20.6 Å². The second-order valence-corrected chi connectivity index (χ2v) is 15.1. The van der Waals surface area contributed by atoms with E-state index in [1.165, 1.54) is 21.1 Å². The first kappa shape index (κ1) is 39.1. The van der Waals surface area contributed by atoms with Gasteiger partial charge in [0.1, 0.15) is 17.8 Å². The molecule has 5 heterocycles. The summed E-state index contributed by atoms with van der Waals surface area (Å²) in [5.41, 5.74) is -0.473. The van der Waals surface area contributed by atoms with E-state index >= 15 is 0 Å². The SMILES string of the molecule is Cn1c(=O)n(C2CCC(=O)NC2=O)c2cccc(N3CCN(CC4CCC(n5cc6cc(NC(=O)c7cncc(C(F)(F)F)n7)ccc6n5)CC4)C[C@@H]3C(F)(F)F)c21. The Bertz CT molecular complexity index is 2470. The van der Waals surface area contributed by atoms with Gasteiger partial charge in [-0.25, -0.2) is 9.78 Å². The van der Waals surface area contributed by atoms with Crippen LogP contribution in [0, 0.1) is 5.92 Å². The number of para-hydroxylation sites is 1. The molecule has 5 aromatic rings. The number of imide groups is 1. The number of carbonyl (C=O) groups is 3. The molecule has 14 nitrogen and oxygen atoms in total. The highest BCUT2D eigenvalue weighted by Gasteiger charge is 2.48. The van der Waals surface area contributed by atoms with Crippen molar-refractivity contribution in [2.24, 2.45) is 13.0 Å². The molecule has 0 radical (unpaired) electrons. The molecule has 2 N–H and O–H groups in total. The number of halogens is 6. The highest BCUT2D eigenvalue weighted by atomic mass is 19.4. The molecule has 1 saturated carbocycles. The van der Waals surface area contributed by atoms with Crippen LogP contribution < -0.4 is 21.2 Å². The lowest BCUT2D eigenvalue weighted by molar-refractivity contribution is -0.157. The smallest absolute Gasteiger partial charge is 0.356 e. The molecule has 8 rings (SSSR count). The normalized spacial score (nSPS) is 22.4. The molecule has 3 aliphatic rings. The summed E-state index contributed by atoms with van der Waals surface area (Å²) in [7, 11) is 1.47. The Hall–Kier alpha value is -5.79. The first-order valence-corrected chi connectivity index (χ1v) is 18.8. The van der Waals surface area contributed by atoms with Crippen LogP contribution in [0.25, 0.3) is 21.9 Å². The van der Waals surface area contributed by atoms with Crippen LogP contribution in [-0.4, -0.2) is 89.9 Å². The van der Waals surface area contributed by atoms with Crippen molar-refractivity contribution >= 4 is 51.0 Å². The number of hydrogen-bond donors (Lipinski definition) is 2. The summed E-state index contributed by atoms with van der Waals surface area (Å²) in [6.45, 7) is 0.661. The second-order valence-electron chi connectivity index (χ2n) is 15.1. The number of piperidine rings is 1. The summed E-state index contributed by atoms with van der Waals surface area (Å²) >= 11 is 0. The van der Waals surface area contributed by atoms with E-state index in [4.69, 9.17) is 5.10 Å². The Balaban J connectivity index is 0.913. The van der Waals surface area contributed by atoms with Gasteiger partial charge in [-0.3, -0.25) is 43.4 Å². The number of amides is 3. The van der Waals surface area contributed by atoms with E-state index in [0.29, 0.717) is 41.4 Å². The predicted molar refractivity (Wildman–Crippen MR) is 198 cm³/mol. The quantitative estimate of drug-likeness (QED) is 0.167. The van der Waals surface area contributed by atoms with Gasteiger partial charge in [-0.2, -0.15) is 31.4 Å². The van der Waals surface area contributed by atoms with Crippen LogP contribution in [0.2, 0.25) is 0 Å². The van der Waals surface area contributed by atoms with Crippen LogP contribution in [0.15, 0.2) is 59.8 Å². The van der Waals surface area contributed by atoms with Gasteiger partial charge in [-0.1, -0.05) is 6.07 Å². The highest BCUT2D eigenvalue weighted by molar-refractivity contribution is 6.03. The molecule has 0 bridgehead atoms. The molecule has 2 atom stereocenters. The van der Waals surface area contributed by atoms with Gasteiger partial charge in [0.15, 0.2) is 5.69 Å². The first-order chi connectivity index (χ1) is 27.5. The minimum Gasteiger partial charge on any atom is -0.356 e. The zero-order valence-electron chi connectivity index (χ0n) is 31.1. The minimum atomic E-state index is -4.75. The Morgan fingerprint density at radius 3 is 2.47 bits per heavy atom. The van der Waals surface area contributed by atoms with Gasteiger partial charge >= 0.3 is 18.0 Å². The predicted octanol–water partition coefficient (Wildman–Crippen LogP) is 5.21. The summed E-state index contributed by atoms with van der Waals surface area (Å²) in [5, 5.41) is 10.2. The van der Waals surface area contributed by atoms with E-state index in [1.807, 2.05) is 15.8 Å². The third-order valence-electron chi connectivity index (χ3n) is 11.4. The zero-order chi connectivity index (χ0) is 41.1. The Kier molecular flexibility index (Phi) is 10.0. The van der Waals surface area contributed by atoms with Crippen molar-refractivity contribution < 1.29 is 40.7 Å². The number of nitrogens with zero attached hydrogens (tertiary/aromatic N) is 8. The number of piperazine rings is 1. The maximum absolute atomic E-state index is 14.8. The molecule has 306 valence electrons. The molecule has 1 aliphatic carbocycles. The number of anilines is 2. The standard InChI is InChI=1S/C38H38F6N10O4/c1-50-33-27(3-2-4-28(33)54(36(50)58)29-11-12-32(55)48-35(29)57)52-14-13-51(20-31(52)38(42,43)44)18-21-5-8-24(9-6-21)53-19-22-15-23(7-10-25(22)49-53)46-34(56)26-16-45-17-30(47-26)37(39,40)41/h2-4,7,10,15-17,19,21,24,29,31H,5-6,8-9,11-14,18,20H2,1H3,(H,46,56)(H,48,55,57)/t21?,24?,29?,31-/m1/s1. The number of aromatic nitrogens is 6. The molecule has 20 heteroatoms. The minimum absolute atomic E-state index is 0.0400. The summed E-state index contributed by atoms with van der Waals surface area (Å²) in [6.07, 6.45) is -2.82. The molecule has 3 amide bonds. The summed E-state index contributed by atoms with van der Waals surface area (Å²) < 4.78 is 88.0. The van der Waals surface area contributed by atoms with Gasteiger partial charge < -0.3 is 10.2 Å². The van der Waals surface area contributed by atoms with Crippen molar-refractivity contribution in [2.45, 2.75) is 69.0 Å². The fourth-order valence-corrected chi connectivity index (χ4v) is 8.53. The molecule has 2 aromatic carbocycles. The first-order valence-electron chi connectivity index (χ1n) is 18.8. The number of imidazole rings is 1. The molecule has 58 heavy (non-hydrogen) atoms. The molecule has 3 fully saturated rings. The lowest BCUT2D eigenvalue weighted by Gasteiger charge is -2.44. The van der Waals surface area contributed by atoms with E-state index < -0.39 is 59.2 Å². The maximum atomic E-state index is 14.8. The molecular weight excluding hydrogens is 774 g/mol. The number of carbonyl (C=O) groups excluding carboxylic acids is 3. The van der Waals surface area contributed by atoms with Crippen molar-refractivity contribution in [1.82, 2.24) is 39.1 Å². The third kappa shape index (κ3) is 7.51. The van der Waals surface area contributed by atoms with Crippen LogP contribution in [0.3, 0.4) is 0 Å². The average molecular weight is 813 g/mol. The Morgan fingerprint density at radius 1 is 0.966 bits per heavy atom. The van der Waals surface area contributed by atoms with Crippen molar-refractivity contribution in [2.75, 3.05) is 36.4 Å². The summed E-state index contributed by atoms with van der Waals surface area (Å²) in [4.78, 5) is 60.6. The van der Waals surface area contributed by atoms with Crippen LogP contribution >= 0.6 is 0 Å². The van der Waals surface area contributed by atoms with Gasteiger partial charge in [0.05, 0.1) is 40.7 Å². The van der Waals surface area contributed by atoms with Gasteiger partial charge in [-0.15, -0.1) is 0 Å². The number of fused-ring (bicyclic) bond motifs is 2. The number of aryl methyl sites for hydroxylation is 1. The number of hydrogen-bond acceptors (Lipinski definition) is 9. The fourth-order valence-electron chi connectivity index (χ4n) is 8.53. The molecule has 1 unspecified atom stereocenters. The monoisotopic (exact) mass is 812 g/mol. The molecule has 3 aromatic heterocycles. The van der Waals surface area contributed by atoms with Gasteiger partial charge in [-0.05, 0) is 68.4 Å². The van der Waals surface area contributed by atoms with Crippen LogP contribution in [0.5, 0.6) is 0 Å². The van der Waals surface area contributed by atoms with E-state index in [-0.39, 0.29) is 49.1 Å². The van der Waals surface area contributed by atoms with Crippen LogP contribution in [0.1, 0.15) is 66.8 Å². The molecule has 2 aliphatic heterocycles. The number of benzene rings is 2. The zero-order valence-corrected chi connectivity index (χ0v) is 31.1. The molecular formula is C38H38F6N10O4. The van der Waals surface area contributed by atoms with Gasteiger partial charge in [0.2, 0.25) is 11.8 Å². The van der Waals surface area contributed by atoms with Crippen molar-refractivity contribution in [1.29, 1.82) is 0 Å². The van der Waals surface area contributed by atoms with Crippen molar-refractivity contribution in [3.63, 3.8) is 0 Å². The van der Waals surface area contributed by atoms with Gasteiger partial charge in [0.25, 0.3) is 5.91 Å². The molecule has 0 spiro atoms. The van der Waals surface area contributed by atoms with Crippen LogP contribution in [-0.2, 0) is 22.8 Å². The van der Waals surface area contributed by atoms with Gasteiger partial charge in [0, 0.05) is 56.9 Å². The topological polar surface area (TPSA) is 152 Å². The maximum Gasteiger partial charge on any atom is 0.434 e. The summed E-state index contributed by atoms with van der Waals surface area (Å²) in [6, 6.07) is 6.92.